The quantitative estimate of drug-likeness (QED) is 0.521. The molecule has 1 aromatic carbocycles. The molecular weight excluding hydrogens is 380 g/mol. The Bertz CT molecular complexity index is 1290. The number of fused-ring (bicyclic) bond motifs is 3. The summed E-state index contributed by atoms with van der Waals surface area (Å²) in [5.74, 6) is 0.945. The summed E-state index contributed by atoms with van der Waals surface area (Å²) in [5, 5.41) is 5.88. The number of pyridine rings is 1. The molecule has 8 heteroatoms. The molecule has 0 saturated carbocycles. The topological polar surface area (TPSA) is 76.3 Å². The number of rotatable bonds is 3. The molecule has 1 amide bonds. The lowest BCUT2D eigenvalue weighted by atomic mass is 10.2. The van der Waals surface area contributed by atoms with Gasteiger partial charge >= 0.3 is 0 Å². The smallest absolute Gasteiger partial charge is 0.291 e. The number of carbonyl (C=O) groups excluding carboxylic acids is 1. The summed E-state index contributed by atoms with van der Waals surface area (Å²) in [7, 11) is 1.63. The minimum absolute atomic E-state index is 0.0113. The number of carbonyl (C=O) groups is 1. The van der Waals surface area contributed by atoms with Crippen molar-refractivity contribution < 1.29 is 4.79 Å². The van der Waals surface area contributed by atoms with Crippen LogP contribution in [-0.4, -0.2) is 56.3 Å². The van der Waals surface area contributed by atoms with Crippen molar-refractivity contribution in [1.82, 2.24) is 24.2 Å². The fourth-order valence-corrected chi connectivity index (χ4v) is 4.17. The second-order valence-corrected chi connectivity index (χ2v) is 7.49. The van der Waals surface area contributed by atoms with Crippen LogP contribution in [0.15, 0.2) is 59.7 Å². The van der Waals surface area contributed by atoms with Gasteiger partial charge in [-0.25, -0.2) is 9.67 Å². The first-order valence-electron chi connectivity index (χ1n) is 10.0. The highest BCUT2D eigenvalue weighted by Gasteiger charge is 2.24. The maximum atomic E-state index is 13.1. The first-order valence-corrected chi connectivity index (χ1v) is 10.0. The van der Waals surface area contributed by atoms with Gasteiger partial charge in [-0.05, 0) is 18.2 Å². The SMILES string of the molecule is Cn1ncc2c3ccccc3n(CC(=O)N3CCN(c4ccccn4)CC3)c2c1=O. The van der Waals surface area contributed by atoms with Crippen LogP contribution in [0.2, 0.25) is 0 Å². The monoisotopic (exact) mass is 402 g/mol. The van der Waals surface area contributed by atoms with Gasteiger partial charge in [0.15, 0.2) is 0 Å². The van der Waals surface area contributed by atoms with Gasteiger partial charge in [0.25, 0.3) is 5.56 Å². The van der Waals surface area contributed by atoms with Gasteiger partial charge in [0.05, 0.1) is 6.20 Å². The molecule has 5 rings (SSSR count). The number of hydrogen-bond acceptors (Lipinski definition) is 5. The van der Waals surface area contributed by atoms with E-state index in [0.717, 1.165) is 35.2 Å². The van der Waals surface area contributed by atoms with Crippen molar-refractivity contribution in [3.8, 4) is 0 Å². The largest absolute Gasteiger partial charge is 0.353 e. The van der Waals surface area contributed by atoms with Crippen LogP contribution >= 0.6 is 0 Å². The molecule has 152 valence electrons. The van der Waals surface area contributed by atoms with Crippen molar-refractivity contribution in [3.63, 3.8) is 0 Å². The van der Waals surface area contributed by atoms with Crippen molar-refractivity contribution in [2.45, 2.75) is 6.54 Å². The molecule has 3 aromatic heterocycles. The number of nitrogens with zero attached hydrogens (tertiary/aromatic N) is 6. The van der Waals surface area contributed by atoms with Crippen LogP contribution in [0.4, 0.5) is 5.82 Å². The highest BCUT2D eigenvalue weighted by Crippen LogP contribution is 2.26. The number of piperazine rings is 1. The van der Waals surface area contributed by atoms with Gasteiger partial charge in [-0.15, -0.1) is 0 Å². The lowest BCUT2D eigenvalue weighted by Gasteiger charge is -2.35. The van der Waals surface area contributed by atoms with E-state index in [1.165, 1.54) is 4.68 Å². The van der Waals surface area contributed by atoms with Crippen molar-refractivity contribution >= 4 is 33.5 Å². The average Bonchev–Trinajstić information content (AvgIpc) is 3.11. The van der Waals surface area contributed by atoms with E-state index in [1.807, 2.05) is 51.9 Å². The first-order chi connectivity index (χ1) is 14.6. The van der Waals surface area contributed by atoms with Crippen LogP contribution in [0.1, 0.15) is 0 Å². The highest BCUT2D eigenvalue weighted by molar-refractivity contribution is 6.07. The molecular formula is C22H22N6O2. The predicted molar refractivity (Wildman–Crippen MR) is 116 cm³/mol. The van der Waals surface area contributed by atoms with Crippen molar-refractivity contribution in [3.05, 3.63) is 65.2 Å². The Morgan fingerprint density at radius 3 is 2.53 bits per heavy atom. The van der Waals surface area contributed by atoms with E-state index >= 15 is 0 Å². The molecule has 0 radical (unpaired) electrons. The molecule has 0 bridgehead atoms. The molecule has 1 saturated heterocycles. The molecule has 4 heterocycles. The van der Waals surface area contributed by atoms with Gasteiger partial charge in [-0.2, -0.15) is 5.10 Å². The number of para-hydroxylation sites is 1. The fourth-order valence-electron chi connectivity index (χ4n) is 4.17. The van der Waals surface area contributed by atoms with Crippen LogP contribution < -0.4 is 10.5 Å². The van der Waals surface area contributed by atoms with E-state index in [4.69, 9.17) is 0 Å². The van der Waals surface area contributed by atoms with Crippen molar-refractivity contribution in [2.24, 2.45) is 7.05 Å². The van der Waals surface area contributed by atoms with Gasteiger partial charge in [0, 0.05) is 55.7 Å². The Morgan fingerprint density at radius 1 is 1.00 bits per heavy atom. The van der Waals surface area contributed by atoms with Crippen LogP contribution in [0, 0.1) is 0 Å². The van der Waals surface area contributed by atoms with Gasteiger partial charge < -0.3 is 14.4 Å². The molecule has 0 spiro atoms. The minimum Gasteiger partial charge on any atom is -0.353 e. The zero-order valence-corrected chi connectivity index (χ0v) is 16.7. The lowest BCUT2D eigenvalue weighted by Crippen LogP contribution is -2.49. The van der Waals surface area contributed by atoms with Crippen LogP contribution in [0.3, 0.4) is 0 Å². The van der Waals surface area contributed by atoms with E-state index in [9.17, 15) is 9.59 Å². The second-order valence-electron chi connectivity index (χ2n) is 7.49. The number of anilines is 1. The third-order valence-corrected chi connectivity index (χ3v) is 5.77. The minimum atomic E-state index is -0.198. The van der Waals surface area contributed by atoms with E-state index < -0.39 is 0 Å². The molecule has 0 aliphatic carbocycles. The fraction of sp³-hybridized carbons (Fsp3) is 0.273. The van der Waals surface area contributed by atoms with Crippen molar-refractivity contribution in [1.29, 1.82) is 0 Å². The zero-order chi connectivity index (χ0) is 20.7. The molecule has 0 N–H and O–H groups in total. The molecule has 1 fully saturated rings. The van der Waals surface area contributed by atoms with Gasteiger partial charge in [0.2, 0.25) is 5.91 Å². The van der Waals surface area contributed by atoms with E-state index in [0.29, 0.717) is 18.6 Å². The van der Waals surface area contributed by atoms with E-state index in [-0.39, 0.29) is 18.0 Å². The van der Waals surface area contributed by atoms with Crippen molar-refractivity contribution in [2.75, 3.05) is 31.1 Å². The van der Waals surface area contributed by atoms with E-state index in [2.05, 4.69) is 15.0 Å². The number of benzene rings is 1. The molecule has 0 atom stereocenters. The second kappa shape index (κ2) is 7.29. The number of aryl methyl sites for hydroxylation is 1. The number of aromatic nitrogens is 4. The summed E-state index contributed by atoms with van der Waals surface area (Å²) >= 11 is 0. The molecule has 1 aliphatic heterocycles. The Balaban J connectivity index is 1.43. The standard InChI is InChI=1S/C22H22N6O2/c1-25-22(30)21-17(14-24-25)16-6-2-3-7-18(16)28(21)15-20(29)27-12-10-26(11-13-27)19-8-4-5-9-23-19/h2-9,14H,10-13,15H2,1H3. The Morgan fingerprint density at radius 2 is 1.77 bits per heavy atom. The average molecular weight is 402 g/mol. The Labute approximate surface area is 172 Å². The summed E-state index contributed by atoms with van der Waals surface area (Å²) in [6, 6.07) is 13.6. The zero-order valence-electron chi connectivity index (χ0n) is 16.7. The summed E-state index contributed by atoms with van der Waals surface area (Å²) in [5.41, 5.74) is 1.20. The molecule has 30 heavy (non-hydrogen) atoms. The summed E-state index contributed by atoms with van der Waals surface area (Å²) in [4.78, 5) is 34.4. The van der Waals surface area contributed by atoms with Gasteiger partial charge in [-0.1, -0.05) is 24.3 Å². The molecule has 0 unspecified atom stereocenters. The molecule has 4 aromatic rings. The van der Waals surface area contributed by atoms with Crippen LogP contribution in [-0.2, 0) is 18.4 Å². The summed E-state index contributed by atoms with van der Waals surface area (Å²) in [6.45, 7) is 2.87. The Kier molecular flexibility index (Phi) is 4.46. The van der Waals surface area contributed by atoms with Gasteiger partial charge in [-0.3, -0.25) is 9.59 Å². The van der Waals surface area contributed by atoms with E-state index in [1.54, 1.807) is 19.4 Å². The summed E-state index contributed by atoms with van der Waals surface area (Å²) < 4.78 is 3.15. The maximum Gasteiger partial charge on any atom is 0.291 e. The first kappa shape index (κ1) is 18.4. The normalized spacial score (nSPS) is 14.6. The van der Waals surface area contributed by atoms with Gasteiger partial charge in [0.1, 0.15) is 17.9 Å². The highest BCUT2D eigenvalue weighted by atomic mass is 16.2. The number of amides is 1. The predicted octanol–water partition coefficient (Wildman–Crippen LogP) is 1.63. The van der Waals surface area contributed by atoms with Crippen LogP contribution in [0.25, 0.3) is 21.8 Å². The third-order valence-electron chi connectivity index (χ3n) is 5.77. The van der Waals surface area contributed by atoms with Crippen LogP contribution in [0.5, 0.6) is 0 Å². The summed E-state index contributed by atoms with van der Waals surface area (Å²) in [6.07, 6.45) is 3.48. The Hall–Kier alpha value is -3.68. The lowest BCUT2D eigenvalue weighted by molar-refractivity contribution is -0.132. The maximum absolute atomic E-state index is 13.1. The molecule has 8 nitrogen and oxygen atoms in total. The third kappa shape index (κ3) is 3.01. The number of hydrogen-bond donors (Lipinski definition) is 0. The molecule has 1 aliphatic rings.